The predicted molar refractivity (Wildman–Crippen MR) is 81.3 cm³/mol. The number of aryl methyl sites for hydroxylation is 1. The molecule has 1 atom stereocenters. The van der Waals surface area contributed by atoms with Gasteiger partial charge in [0, 0.05) is 17.5 Å². The Bertz CT molecular complexity index is 395. The van der Waals surface area contributed by atoms with Gasteiger partial charge in [-0.05, 0) is 25.3 Å². The average Bonchev–Trinajstić information content (AvgIpc) is 2.35. The van der Waals surface area contributed by atoms with Crippen molar-refractivity contribution in [1.29, 1.82) is 0 Å². The van der Waals surface area contributed by atoms with E-state index in [1.807, 2.05) is 19.9 Å². The molecule has 2 heteroatoms. The van der Waals surface area contributed by atoms with Crippen LogP contribution in [0.5, 0.6) is 0 Å². The third-order valence-corrected chi connectivity index (χ3v) is 3.88. The van der Waals surface area contributed by atoms with Crippen LogP contribution in [0.4, 0.5) is 0 Å². The Balaban J connectivity index is 2.73. The Morgan fingerprint density at radius 2 is 1.79 bits per heavy atom. The first-order valence-corrected chi connectivity index (χ1v) is 7.15. The number of ketones is 1. The van der Waals surface area contributed by atoms with Gasteiger partial charge in [0.2, 0.25) is 0 Å². The van der Waals surface area contributed by atoms with E-state index in [1.165, 1.54) is 5.56 Å². The van der Waals surface area contributed by atoms with Gasteiger partial charge in [-0.2, -0.15) is 0 Å². The molecule has 19 heavy (non-hydrogen) atoms. The van der Waals surface area contributed by atoms with Crippen molar-refractivity contribution in [2.75, 3.05) is 0 Å². The lowest BCUT2D eigenvalue weighted by atomic mass is 9.78. The molecular weight excluding hydrogens is 234 g/mol. The number of Topliss-reactive ketones (excluding diaryl/α,β-unsaturated/α-hetero) is 1. The Kier molecular flexibility index (Phi) is 5.74. The minimum absolute atomic E-state index is 0.213. The summed E-state index contributed by atoms with van der Waals surface area (Å²) in [7, 11) is 0. The third-order valence-electron chi connectivity index (χ3n) is 3.88. The highest BCUT2D eigenvalue weighted by Crippen LogP contribution is 2.26. The van der Waals surface area contributed by atoms with E-state index in [0.717, 1.165) is 12.8 Å². The predicted octanol–water partition coefficient (Wildman–Crippen LogP) is 3.60. The molecule has 1 unspecified atom stereocenters. The SMILES string of the molecule is CC(=O)C(C)(C)C(CCc1ccccc1)NC(C)C. The van der Waals surface area contributed by atoms with Gasteiger partial charge >= 0.3 is 0 Å². The van der Waals surface area contributed by atoms with Gasteiger partial charge in [-0.3, -0.25) is 4.79 Å². The van der Waals surface area contributed by atoms with E-state index in [2.05, 4.69) is 43.4 Å². The standard InChI is InChI=1S/C17H27NO/c1-13(2)18-16(17(4,5)14(3)19)12-11-15-9-7-6-8-10-15/h6-10,13,16,18H,11-12H2,1-5H3. The number of benzene rings is 1. The van der Waals surface area contributed by atoms with Crippen LogP contribution in [-0.4, -0.2) is 17.9 Å². The van der Waals surface area contributed by atoms with E-state index in [0.29, 0.717) is 6.04 Å². The van der Waals surface area contributed by atoms with Gasteiger partial charge in [0.25, 0.3) is 0 Å². The van der Waals surface area contributed by atoms with E-state index < -0.39 is 0 Å². The molecule has 0 saturated heterocycles. The molecule has 0 spiro atoms. The fraction of sp³-hybridized carbons (Fsp3) is 0.588. The largest absolute Gasteiger partial charge is 0.311 e. The molecular formula is C17H27NO. The van der Waals surface area contributed by atoms with E-state index in [4.69, 9.17) is 0 Å². The number of carbonyl (C=O) groups excluding carboxylic acids is 1. The fourth-order valence-electron chi connectivity index (χ4n) is 2.26. The van der Waals surface area contributed by atoms with Gasteiger partial charge in [-0.15, -0.1) is 0 Å². The number of hydrogen-bond donors (Lipinski definition) is 1. The molecule has 0 aliphatic carbocycles. The first kappa shape index (κ1) is 15.9. The van der Waals surface area contributed by atoms with Gasteiger partial charge in [0.1, 0.15) is 5.78 Å². The van der Waals surface area contributed by atoms with Crippen LogP contribution in [0.25, 0.3) is 0 Å². The molecule has 0 aromatic heterocycles. The van der Waals surface area contributed by atoms with Gasteiger partial charge in [-0.25, -0.2) is 0 Å². The zero-order valence-electron chi connectivity index (χ0n) is 12.9. The summed E-state index contributed by atoms with van der Waals surface area (Å²) in [5.74, 6) is 0.249. The lowest BCUT2D eigenvalue weighted by molar-refractivity contribution is -0.126. The molecule has 2 nitrogen and oxygen atoms in total. The Hall–Kier alpha value is -1.15. The van der Waals surface area contributed by atoms with Gasteiger partial charge < -0.3 is 5.32 Å². The van der Waals surface area contributed by atoms with E-state index in [1.54, 1.807) is 6.92 Å². The number of carbonyl (C=O) groups is 1. The summed E-state index contributed by atoms with van der Waals surface area (Å²) in [6.07, 6.45) is 1.98. The Morgan fingerprint density at radius 1 is 1.21 bits per heavy atom. The summed E-state index contributed by atoms with van der Waals surface area (Å²) in [5.41, 5.74) is 1.01. The third kappa shape index (κ3) is 4.79. The first-order valence-electron chi connectivity index (χ1n) is 7.15. The van der Waals surface area contributed by atoms with Crippen LogP contribution >= 0.6 is 0 Å². The molecule has 0 bridgehead atoms. The summed E-state index contributed by atoms with van der Waals surface area (Å²) in [6.45, 7) is 10.0. The number of nitrogens with one attached hydrogen (secondary N) is 1. The van der Waals surface area contributed by atoms with Crippen LogP contribution < -0.4 is 5.32 Å². The fourth-order valence-corrected chi connectivity index (χ4v) is 2.26. The number of hydrogen-bond acceptors (Lipinski definition) is 2. The first-order chi connectivity index (χ1) is 8.84. The van der Waals surface area contributed by atoms with Crippen LogP contribution in [0.2, 0.25) is 0 Å². The van der Waals surface area contributed by atoms with Gasteiger partial charge in [0.05, 0.1) is 0 Å². The van der Waals surface area contributed by atoms with E-state index in [-0.39, 0.29) is 17.2 Å². The monoisotopic (exact) mass is 261 g/mol. The van der Waals surface area contributed by atoms with E-state index in [9.17, 15) is 4.79 Å². The van der Waals surface area contributed by atoms with Crippen molar-refractivity contribution in [3.63, 3.8) is 0 Å². The highest BCUT2D eigenvalue weighted by molar-refractivity contribution is 5.82. The van der Waals surface area contributed by atoms with Crippen LogP contribution in [0, 0.1) is 5.41 Å². The lowest BCUT2D eigenvalue weighted by Crippen LogP contribution is -2.48. The molecule has 1 aromatic carbocycles. The molecule has 1 rings (SSSR count). The van der Waals surface area contributed by atoms with Crippen molar-refractivity contribution >= 4 is 5.78 Å². The molecule has 0 heterocycles. The van der Waals surface area contributed by atoms with E-state index >= 15 is 0 Å². The Labute approximate surface area is 117 Å². The molecule has 1 aromatic rings. The Morgan fingerprint density at radius 3 is 2.26 bits per heavy atom. The molecule has 0 radical (unpaired) electrons. The van der Waals surface area contributed by atoms with Crippen LogP contribution in [0.3, 0.4) is 0 Å². The van der Waals surface area contributed by atoms with Gasteiger partial charge in [-0.1, -0.05) is 58.0 Å². The highest BCUT2D eigenvalue weighted by atomic mass is 16.1. The number of rotatable bonds is 7. The van der Waals surface area contributed by atoms with Gasteiger partial charge in [0.15, 0.2) is 0 Å². The highest BCUT2D eigenvalue weighted by Gasteiger charge is 2.33. The molecule has 0 aliphatic rings. The van der Waals surface area contributed by atoms with Crippen molar-refractivity contribution in [2.24, 2.45) is 5.41 Å². The van der Waals surface area contributed by atoms with Crippen molar-refractivity contribution in [3.05, 3.63) is 35.9 Å². The topological polar surface area (TPSA) is 29.1 Å². The smallest absolute Gasteiger partial charge is 0.136 e. The quantitative estimate of drug-likeness (QED) is 0.812. The molecule has 0 saturated carbocycles. The molecule has 0 amide bonds. The summed E-state index contributed by atoms with van der Waals surface area (Å²) in [5, 5.41) is 3.55. The zero-order chi connectivity index (χ0) is 14.5. The second-order valence-corrected chi connectivity index (χ2v) is 6.18. The minimum atomic E-state index is -0.320. The van der Waals surface area contributed by atoms with Crippen molar-refractivity contribution in [1.82, 2.24) is 5.32 Å². The van der Waals surface area contributed by atoms with Crippen molar-refractivity contribution in [2.45, 2.75) is 59.5 Å². The average molecular weight is 261 g/mol. The second kappa shape index (κ2) is 6.85. The van der Waals surface area contributed by atoms with Crippen molar-refractivity contribution < 1.29 is 4.79 Å². The maximum absolute atomic E-state index is 11.9. The van der Waals surface area contributed by atoms with Crippen molar-refractivity contribution in [3.8, 4) is 0 Å². The second-order valence-electron chi connectivity index (χ2n) is 6.18. The molecule has 0 fully saturated rings. The summed E-state index contributed by atoms with van der Waals surface area (Å²) in [4.78, 5) is 11.9. The summed E-state index contributed by atoms with van der Waals surface area (Å²) in [6, 6.07) is 11.1. The maximum Gasteiger partial charge on any atom is 0.136 e. The normalized spacial score (nSPS) is 13.6. The molecule has 106 valence electrons. The minimum Gasteiger partial charge on any atom is -0.311 e. The molecule has 0 aliphatic heterocycles. The maximum atomic E-state index is 11.9. The lowest BCUT2D eigenvalue weighted by Gasteiger charge is -2.34. The zero-order valence-corrected chi connectivity index (χ0v) is 12.9. The van der Waals surface area contributed by atoms with Crippen LogP contribution in [-0.2, 0) is 11.2 Å². The molecule has 1 N–H and O–H groups in total. The van der Waals surface area contributed by atoms with Crippen LogP contribution in [0.15, 0.2) is 30.3 Å². The summed E-state index contributed by atoms with van der Waals surface area (Å²) < 4.78 is 0. The summed E-state index contributed by atoms with van der Waals surface area (Å²) >= 11 is 0. The van der Waals surface area contributed by atoms with Crippen LogP contribution in [0.1, 0.15) is 46.6 Å².